The molecule has 2 aromatic rings. The van der Waals surface area contributed by atoms with Gasteiger partial charge in [0.05, 0.1) is 17.6 Å². The fourth-order valence-electron chi connectivity index (χ4n) is 1.50. The lowest BCUT2D eigenvalue weighted by Crippen LogP contribution is -2.00. The van der Waals surface area contributed by atoms with E-state index in [4.69, 9.17) is 0 Å². The molecule has 0 amide bonds. The Morgan fingerprint density at radius 2 is 2.25 bits per heavy atom. The lowest BCUT2D eigenvalue weighted by Gasteiger charge is -2.04. The van der Waals surface area contributed by atoms with Gasteiger partial charge >= 0.3 is 0 Å². The predicted molar refractivity (Wildman–Crippen MR) is 59.5 cm³/mol. The summed E-state index contributed by atoms with van der Waals surface area (Å²) in [5.74, 6) is -0.469. The van der Waals surface area contributed by atoms with Crippen molar-refractivity contribution >= 4 is 5.69 Å². The van der Waals surface area contributed by atoms with Crippen molar-refractivity contribution in [2.45, 2.75) is 13.5 Å². The van der Waals surface area contributed by atoms with Gasteiger partial charge < -0.3 is 5.32 Å². The summed E-state index contributed by atoms with van der Waals surface area (Å²) in [6.07, 6.45) is 3.43. The molecule has 5 heteroatoms. The van der Waals surface area contributed by atoms with Crippen LogP contribution in [0, 0.1) is 12.9 Å². The van der Waals surface area contributed by atoms with E-state index >= 15 is 0 Å². The molecule has 0 radical (unpaired) electrons. The molecule has 0 spiro atoms. The number of aryl methyl sites for hydroxylation is 2. The van der Waals surface area contributed by atoms with Gasteiger partial charge in [-0.15, -0.1) is 0 Å². The molecule has 0 aliphatic carbocycles. The van der Waals surface area contributed by atoms with Crippen LogP contribution in [0.3, 0.4) is 0 Å². The second kappa shape index (κ2) is 4.30. The van der Waals surface area contributed by atoms with Crippen LogP contribution in [0.5, 0.6) is 0 Å². The first-order valence-electron chi connectivity index (χ1n) is 4.99. The van der Waals surface area contributed by atoms with Crippen molar-refractivity contribution in [2.24, 2.45) is 7.05 Å². The van der Waals surface area contributed by atoms with Crippen LogP contribution in [0.4, 0.5) is 10.1 Å². The third-order valence-corrected chi connectivity index (χ3v) is 2.33. The maximum atomic E-state index is 12.6. The molecule has 0 bridgehead atoms. The highest BCUT2D eigenvalue weighted by molar-refractivity contribution is 5.40. The van der Waals surface area contributed by atoms with E-state index < -0.39 is 5.95 Å². The third-order valence-electron chi connectivity index (χ3n) is 2.33. The summed E-state index contributed by atoms with van der Waals surface area (Å²) < 4.78 is 14.3. The Balaban J connectivity index is 2.02. The van der Waals surface area contributed by atoms with Crippen molar-refractivity contribution in [2.75, 3.05) is 5.32 Å². The number of pyridine rings is 1. The second-order valence-electron chi connectivity index (χ2n) is 3.64. The average Bonchev–Trinajstić information content (AvgIpc) is 2.57. The van der Waals surface area contributed by atoms with Crippen LogP contribution >= 0.6 is 0 Å². The molecule has 0 fully saturated rings. The molecule has 2 rings (SSSR count). The first-order valence-corrected chi connectivity index (χ1v) is 4.99. The Kier molecular flexibility index (Phi) is 2.85. The SMILES string of the molecule is Cc1nn(C)cc1CNc1ccc(F)nc1. The zero-order valence-electron chi connectivity index (χ0n) is 9.24. The normalized spacial score (nSPS) is 10.4. The molecule has 2 aromatic heterocycles. The monoisotopic (exact) mass is 220 g/mol. The van der Waals surface area contributed by atoms with E-state index in [1.807, 2.05) is 20.2 Å². The Morgan fingerprint density at radius 1 is 1.44 bits per heavy atom. The Bertz CT molecular complexity index is 475. The van der Waals surface area contributed by atoms with Gasteiger partial charge in [-0.05, 0) is 19.1 Å². The number of hydrogen-bond donors (Lipinski definition) is 1. The van der Waals surface area contributed by atoms with Gasteiger partial charge in [-0.25, -0.2) is 4.98 Å². The number of anilines is 1. The minimum Gasteiger partial charge on any atom is -0.380 e. The zero-order chi connectivity index (χ0) is 11.5. The van der Waals surface area contributed by atoms with Gasteiger partial charge in [-0.2, -0.15) is 9.49 Å². The number of hydrogen-bond acceptors (Lipinski definition) is 3. The maximum Gasteiger partial charge on any atom is 0.212 e. The third kappa shape index (κ3) is 2.36. The quantitative estimate of drug-likeness (QED) is 0.803. The highest BCUT2D eigenvalue weighted by Crippen LogP contribution is 2.10. The molecule has 16 heavy (non-hydrogen) atoms. The number of aromatic nitrogens is 3. The van der Waals surface area contributed by atoms with E-state index in [0.29, 0.717) is 6.54 Å². The summed E-state index contributed by atoms with van der Waals surface area (Å²) in [6.45, 7) is 2.62. The van der Waals surface area contributed by atoms with Crippen LogP contribution in [0.25, 0.3) is 0 Å². The van der Waals surface area contributed by atoms with Crippen LogP contribution in [0.1, 0.15) is 11.3 Å². The van der Waals surface area contributed by atoms with E-state index in [9.17, 15) is 4.39 Å². The highest BCUT2D eigenvalue weighted by Gasteiger charge is 2.02. The van der Waals surface area contributed by atoms with Crippen molar-refractivity contribution in [3.63, 3.8) is 0 Å². The van der Waals surface area contributed by atoms with Gasteiger partial charge in [0, 0.05) is 25.4 Å². The molecule has 84 valence electrons. The Morgan fingerprint density at radius 3 is 2.81 bits per heavy atom. The van der Waals surface area contributed by atoms with Crippen molar-refractivity contribution < 1.29 is 4.39 Å². The van der Waals surface area contributed by atoms with Gasteiger partial charge in [0.1, 0.15) is 0 Å². The standard InChI is InChI=1S/C11H13FN4/c1-8-9(7-16(2)15-8)5-13-10-3-4-11(12)14-6-10/h3-4,6-7,13H,5H2,1-2H3. The molecule has 4 nitrogen and oxygen atoms in total. The summed E-state index contributed by atoms with van der Waals surface area (Å²) in [6, 6.07) is 2.99. The molecule has 0 unspecified atom stereocenters. The van der Waals surface area contributed by atoms with Crippen LogP contribution in [0.2, 0.25) is 0 Å². The van der Waals surface area contributed by atoms with Crippen LogP contribution in [0.15, 0.2) is 24.5 Å². The molecule has 0 aromatic carbocycles. The van der Waals surface area contributed by atoms with Crippen LogP contribution < -0.4 is 5.32 Å². The van der Waals surface area contributed by atoms with Crippen molar-refractivity contribution in [1.82, 2.24) is 14.8 Å². The van der Waals surface area contributed by atoms with Crippen LogP contribution in [-0.4, -0.2) is 14.8 Å². The minimum atomic E-state index is -0.469. The lowest BCUT2D eigenvalue weighted by molar-refractivity contribution is 0.584. The first-order chi connectivity index (χ1) is 7.65. The minimum absolute atomic E-state index is 0.469. The van der Waals surface area contributed by atoms with E-state index in [-0.39, 0.29) is 0 Å². The van der Waals surface area contributed by atoms with Gasteiger partial charge in [0.15, 0.2) is 0 Å². The van der Waals surface area contributed by atoms with Crippen molar-refractivity contribution in [3.8, 4) is 0 Å². The molecule has 0 aliphatic heterocycles. The van der Waals surface area contributed by atoms with Gasteiger partial charge in [0.2, 0.25) is 5.95 Å². The zero-order valence-corrected chi connectivity index (χ0v) is 9.24. The molecule has 2 heterocycles. The molecule has 1 N–H and O–H groups in total. The van der Waals surface area contributed by atoms with Gasteiger partial charge in [-0.3, -0.25) is 4.68 Å². The second-order valence-corrected chi connectivity index (χ2v) is 3.64. The predicted octanol–water partition coefficient (Wildman–Crippen LogP) is 1.87. The summed E-state index contributed by atoms with van der Waals surface area (Å²) >= 11 is 0. The summed E-state index contributed by atoms with van der Waals surface area (Å²) in [4.78, 5) is 3.57. The molecule has 0 aliphatic rings. The Labute approximate surface area is 93.1 Å². The van der Waals surface area contributed by atoms with Gasteiger partial charge in [0.25, 0.3) is 0 Å². The van der Waals surface area contributed by atoms with Gasteiger partial charge in [-0.1, -0.05) is 0 Å². The van der Waals surface area contributed by atoms with Crippen molar-refractivity contribution in [1.29, 1.82) is 0 Å². The highest BCUT2D eigenvalue weighted by atomic mass is 19.1. The molecule has 0 saturated heterocycles. The summed E-state index contributed by atoms with van der Waals surface area (Å²) in [7, 11) is 1.88. The first kappa shape index (κ1) is 10.6. The molecule has 0 saturated carbocycles. The summed E-state index contributed by atoms with van der Waals surface area (Å²) in [5.41, 5.74) is 2.90. The fourth-order valence-corrected chi connectivity index (χ4v) is 1.50. The molecule has 0 atom stereocenters. The van der Waals surface area contributed by atoms with E-state index in [1.54, 1.807) is 10.7 Å². The summed E-state index contributed by atoms with van der Waals surface area (Å²) in [5, 5.41) is 7.40. The van der Waals surface area contributed by atoms with E-state index in [2.05, 4.69) is 15.4 Å². The molecular weight excluding hydrogens is 207 g/mol. The fraction of sp³-hybridized carbons (Fsp3) is 0.273. The molecular formula is C11H13FN4. The van der Waals surface area contributed by atoms with E-state index in [1.165, 1.54) is 12.3 Å². The maximum absolute atomic E-state index is 12.6. The number of halogens is 1. The number of nitrogens with zero attached hydrogens (tertiary/aromatic N) is 3. The van der Waals surface area contributed by atoms with Crippen molar-refractivity contribution in [3.05, 3.63) is 41.7 Å². The average molecular weight is 220 g/mol. The largest absolute Gasteiger partial charge is 0.380 e. The number of nitrogens with one attached hydrogen (secondary N) is 1. The lowest BCUT2D eigenvalue weighted by atomic mass is 10.2. The smallest absolute Gasteiger partial charge is 0.212 e. The Hall–Kier alpha value is -1.91. The van der Waals surface area contributed by atoms with E-state index in [0.717, 1.165) is 16.9 Å². The number of rotatable bonds is 3. The topological polar surface area (TPSA) is 42.7 Å². The van der Waals surface area contributed by atoms with Crippen LogP contribution in [-0.2, 0) is 13.6 Å².